The first-order valence-corrected chi connectivity index (χ1v) is 6.65. The molecule has 104 valence electrons. The van der Waals surface area contributed by atoms with Crippen molar-refractivity contribution in [3.05, 3.63) is 60.3 Å². The van der Waals surface area contributed by atoms with Gasteiger partial charge < -0.3 is 5.32 Å². The van der Waals surface area contributed by atoms with Crippen LogP contribution < -0.4 is 5.32 Å². The topological polar surface area (TPSA) is 63.6 Å². The van der Waals surface area contributed by atoms with Crippen molar-refractivity contribution in [2.75, 3.05) is 5.32 Å². The number of benzene rings is 1. The standard InChI is InChI=1S/C16H15N5/c1-11-3-4-12(2)15(7-11)21-16-19-6-5-14(20-16)13-8-17-10-18-9-13/h3-10H,1-2H3,(H,19,20,21). The van der Waals surface area contributed by atoms with E-state index in [1.165, 1.54) is 11.9 Å². The molecule has 0 saturated carbocycles. The Labute approximate surface area is 123 Å². The van der Waals surface area contributed by atoms with Crippen LogP contribution in [0.15, 0.2) is 49.2 Å². The first-order chi connectivity index (χ1) is 10.2. The zero-order valence-electron chi connectivity index (χ0n) is 11.9. The number of nitrogens with zero attached hydrogens (tertiary/aromatic N) is 4. The zero-order chi connectivity index (χ0) is 14.7. The number of aromatic nitrogens is 4. The summed E-state index contributed by atoms with van der Waals surface area (Å²) in [7, 11) is 0. The van der Waals surface area contributed by atoms with Gasteiger partial charge in [-0.05, 0) is 37.1 Å². The van der Waals surface area contributed by atoms with E-state index in [-0.39, 0.29) is 0 Å². The maximum absolute atomic E-state index is 4.51. The summed E-state index contributed by atoms with van der Waals surface area (Å²) in [6.07, 6.45) is 6.69. The monoisotopic (exact) mass is 277 g/mol. The van der Waals surface area contributed by atoms with E-state index in [1.807, 2.05) is 6.07 Å². The smallest absolute Gasteiger partial charge is 0.227 e. The van der Waals surface area contributed by atoms with Crippen molar-refractivity contribution in [3.8, 4) is 11.3 Å². The molecule has 0 atom stereocenters. The van der Waals surface area contributed by atoms with Gasteiger partial charge in [-0.2, -0.15) is 0 Å². The second-order valence-electron chi connectivity index (χ2n) is 4.84. The molecule has 0 bridgehead atoms. The predicted molar refractivity (Wildman–Crippen MR) is 82.3 cm³/mol. The van der Waals surface area contributed by atoms with Gasteiger partial charge in [0.25, 0.3) is 0 Å². The van der Waals surface area contributed by atoms with Crippen LogP contribution in [0.1, 0.15) is 11.1 Å². The summed E-state index contributed by atoms with van der Waals surface area (Å²) < 4.78 is 0. The quantitative estimate of drug-likeness (QED) is 0.795. The van der Waals surface area contributed by atoms with Crippen LogP contribution in [0, 0.1) is 13.8 Å². The molecule has 3 rings (SSSR count). The lowest BCUT2D eigenvalue weighted by Gasteiger charge is -2.09. The van der Waals surface area contributed by atoms with E-state index in [0.717, 1.165) is 22.5 Å². The van der Waals surface area contributed by atoms with Crippen LogP contribution in [0.4, 0.5) is 11.6 Å². The zero-order valence-corrected chi connectivity index (χ0v) is 11.9. The second-order valence-corrected chi connectivity index (χ2v) is 4.84. The molecule has 1 aromatic carbocycles. The molecule has 1 N–H and O–H groups in total. The Kier molecular flexibility index (Phi) is 3.55. The van der Waals surface area contributed by atoms with Gasteiger partial charge in [-0.15, -0.1) is 0 Å². The van der Waals surface area contributed by atoms with Gasteiger partial charge in [-0.25, -0.2) is 19.9 Å². The maximum atomic E-state index is 4.51. The normalized spacial score (nSPS) is 10.4. The van der Waals surface area contributed by atoms with Crippen molar-refractivity contribution in [1.82, 2.24) is 19.9 Å². The summed E-state index contributed by atoms with van der Waals surface area (Å²) in [6.45, 7) is 4.11. The Morgan fingerprint density at radius 1 is 1.00 bits per heavy atom. The van der Waals surface area contributed by atoms with Crippen molar-refractivity contribution in [2.45, 2.75) is 13.8 Å². The SMILES string of the molecule is Cc1ccc(C)c(Nc2nccc(-c3cncnc3)n2)c1. The van der Waals surface area contributed by atoms with Crippen LogP contribution in [0.3, 0.4) is 0 Å². The molecule has 0 radical (unpaired) electrons. The lowest BCUT2D eigenvalue weighted by molar-refractivity contribution is 1.13. The number of nitrogens with one attached hydrogen (secondary N) is 1. The molecule has 5 nitrogen and oxygen atoms in total. The van der Waals surface area contributed by atoms with Crippen molar-refractivity contribution in [2.24, 2.45) is 0 Å². The number of anilines is 2. The van der Waals surface area contributed by atoms with Crippen molar-refractivity contribution >= 4 is 11.6 Å². The summed E-state index contributed by atoms with van der Waals surface area (Å²) in [5.41, 5.74) is 5.01. The molecule has 2 heterocycles. The third-order valence-electron chi connectivity index (χ3n) is 3.15. The van der Waals surface area contributed by atoms with Gasteiger partial charge in [0.2, 0.25) is 5.95 Å². The lowest BCUT2D eigenvalue weighted by Crippen LogP contribution is -2.00. The first kappa shape index (κ1) is 13.2. The van der Waals surface area contributed by atoms with Gasteiger partial charge in [0, 0.05) is 29.8 Å². The minimum absolute atomic E-state index is 0.560. The molecule has 0 saturated heterocycles. The van der Waals surface area contributed by atoms with Crippen molar-refractivity contribution in [1.29, 1.82) is 0 Å². The highest BCUT2D eigenvalue weighted by Crippen LogP contribution is 2.21. The Hall–Kier alpha value is -2.82. The molecule has 0 aliphatic carbocycles. The van der Waals surface area contributed by atoms with Crippen LogP contribution in [0.2, 0.25) is 0 Å². The molecule has 0 unspecified atom stereocenters. The minimum atomic E-state index is 0.560. The van der Waals surface area contributed by atoms with Crippen LogP contribution in [0.25, 0.3) is 11.3 Å². The molecular weight excluding hydrogens is 262 g/mol. The Morgan fingerprint density at radius 3 is 2.62 bits per heavy atom. The van der Waals surface area contributed by atoms with E-state index >= 15 is 0 Å². The van der Waals surface area contributed by atoms with E-state index < -0.39 is 0 Å². The number of rotatable bonds is 3. The summed E-state index contributed by atoms with van der Waals surface area (Å²) in [6, 6.07) is 8.08. The summed E-state index contributed by atoms with van der Waals surface area (Å²) in [5, 5.41) is 3.26. The summed E-state index contributed by atoms with van der Waals surface area (Å²) >= 11 is 0. The average molecular weight is 277 g/mol. The van der Waals surface area contributed by atoms with E-state index in [9.17, 15) is 0 Å². The van der Waals surface area contributed by atoms with E-state index in [2.05, 4.69) is 57.3 Å². The fourth-order valence-corrected chi connectivity index (χ4v) is 2.00. The second kappa shape index (κ2) is 5.66. The maximum Gasteiger partial charge on any atom is 0.227 e. The van der Waals surface area contributed by atoms with Gasteiger partial charge in [0.1, 0.15) is 6.33 Å². The molecule has 0 aliphatic rings. The summed E-state index contributed by atoms with van der Waals surface area (Å²) in [5.74, 6) is 0.560. The lowest BCUT2D eigenvalue weighted by atomic mass is 10.1. The van der Waals surface area contributed by atoms with Gasteiger partial charge in [-0.3, -0.25) is 0 Å². The third kappa shape index (κ3) is 3.02. The van der Waals surface area contributed by atoms with E-state index in [0.29, 0.717) is 5.95 Å². The molecule has 0 spiro atoms. The van der Waals surface area contributed by atoms with Gasteiger partial charge >= 0.3 is 0 Å². The van der Waals surface area contributed by atoms with Crippen molar-refractivity contribution < 1.29 is 0 Å². The van der Waals surface area contributed by atoms with Crippen molar-refractivity contribution in [3.63, 3.8) is 0 Å². The largest absolute Gasteiger partial charge is 0.324 e. The minimum Gasteiger partial charge on any atom is -0.324 e. The predicted octanol–water partition coefficient (Wildman–Crippen LogP) is 3.29. The Morgan fingerprint density at radius 2 is 1.81 bits per heavy atom. The van der Waals surface area contributed by atoms with E-state index in [4.69, 9.17) is 0 Å². The first-order valence-electron chi connectivity index (χ1n) is 6.65. The number of aryl methyl sites for hydroxylation is 2. The fraction of sp³-hybridized carbons (Fsp3) is 0.125. The highest BCUT2D eigenvalue weighted by atomic mass is 15.1. The molecule has 0 fully saturated rings. The molecule has 0 amide bonds. The van der Waals surface area contributed by atoms with Crippen LogP contribution in [-0.2, 0) is 0 Å². The van der Waals surface area contributed by atoms with Gasteiger partial charge in [0.05, 0.1) is 5.69 Å². The van der Waals surface area contributed by atoms with E-state index in [1.54, 1.807) is 18.6 Å². The fourth-order valence-electron chi connectivity index (χ4n) is 2.00. The Balaban J connectivity index is 1.92. The average Bonchev–Trinajstić information content (AvgIpc) is 2.52. The molecule has 2 aromatic heterocycles. The summed E-state index contributed by atoms with van der Waals surface area (Å²) in [4.78, 5) is 16.8. The van der Waals surface area contributed by atoms with Gasteiger partial charge in [-0.1, -0.05) is 12.1 Å². The van der Waals surface area contributed by atoms with Crippen LogP contribution >= 0.6 is 0 Å². The highest BCUT2D eigenvalue weighted by Gasteiger charge is 2.05. The van der Waals surface area contributed by atoms with Crippen LogP contribution in [-0.4, -0.2) is 19.9 Å². The molecule has 0 aliphatic heterocycles. The number of hydrogen-bond acceptors (Lipinski definition) is 5. The molecule has 5 heteroatoms. The third-order valence-corrected chi connectivity index (χ3v) is 3.15. The molecular formula is C16H15N5. The highest BCUT2D eigenvalue weighted by molar-refractivity contribution is 5.62. The van der Waals surface area contributed by atoms with Crippen LogP contribution in [0.5, 0.6) is 0 Å². The Bertz CT molecular complexity index is 756. The molecule has 3 aromatic rings. The number of hydrogen-bond donors (Lipinski definition) is 1. The molecule has 21 heavy (non-hydrogen) atoms. The van der Waals surface area contributed by atoms with Gasteiger partial charge in [0.15, 0.2) is 0 Å².